The monoisotopic (exact) mass is 238 g/mol. The summed E-state index contributed by atoms with van der Waals surface area (Å²) in [5, 5.41) is 3.40. The van der Waals surface area contributed by atoms with Gasteiger partial charge in [0.2, 0.25) is 0 Å². The Morgan fingerprint density at radius 2 is 1.89 bits per heavy atom. The van der Waals surface area contributed by atoms with Crippen molar-refractivity contribution in [1.29, 1.82) is 0 Å². The predicted octanol–water partition coefficient (Wildman–Crippen LogP) is 3.49. The molecule has 0 unspecified atom stereocenters. The molecule has 0 atom stereocenters. The third kappa shape index (κ3) is 2.37. The van der Waals surface area contributed by atoms with Gasteiger partial charge in [0.05, 0.1) is 0 Å². The number of pyridine rings is 1. The van der Waals surface area contributed by atoms with Crippen LogP contribution in [0.2, 0.25) is 0 Å². The Balaban J connectivity index is 1.68. The molecule has 0 radical (unpaired) electrons. The van der Waals surface area contributed by atoms with Crippen molar-refractivity contribution in [3.05, 3.63) is 58.8 Å². The lowest BCUT2D eigenvalue weighted by Crippen LogP contribution is -2.02. The second kappa shape index (κ2) is 4.81. The van der Waals surface area contributed by atoms with Gasteiger partial charge in [-0.1, -0.05) is 35.9 Å². The highest BCUT2D eigenvalue weighted by atomic mass is 15.0. The van der Waals surface area contributed by atoms with E-state index < -0.39 is 0 Å². The summed E-state index contributed by atoms with van der Waals surface area (Å²) in [5.41, 5.74) is 5.30. The molecule has 92 valence electrons. The summed E-state index contributed by atoms with van der Waals surface area (Å²) in [5.74, 6) is 0.997. The van der Waals surface area contributed by atoms with Crippen LogP contribution >= 0.6 is 0 Å². The van der Waals surface area contributed by atoms with Crippen molar-refractivity contribution >= 4 is 5.82 Å². The van der Waals surface area contributed by atoms with Crippen LogP contribution in [0.1, 0.15) is 28.8 Å². The van der Waals surface area contributed by atoms with Crippen molar-refractivity contribution in [3.8, 4) is 0 Å². The molecule has 0 fully saturated rings. The van der Waals surface area contributed by atoms with Gasteiger partial charge in [-0.25, -0.2) is 4.98 Å². The van der Waals surface area contributed by atoms with Crippen LogP contribution in [0.15, 0.2) is 36.4 Å². The molecule has 1 aliphatic rings. The van der Waals surface area contributed by atoms with Crippen LogP contribution in [-0.4, -0.2) is 4.98 Å². The van der Waals surface area contributed by atoms with Crippen molar-refractivity contribution in [1.82, 2.24) is 4.98 Å². The second-order valence-corrected chi connectivity index (χ2v) is 5.00. The number of nitrogens with one attached hydrogen (secondary N) is 1. The molecule has 1 aliphatic carbocycles. The summed E-state index contributed by atoms with van der Waals surface area (Å²) in [7, 11) is 0. The van der Waals surface area contributed by atoms with Crippen molar-refractivity contribution in [2.45, 2.75) is 32.7 Å². The van der Waals surface area contributed by atoms with E-state index in [1.165, 1.54) is 35.2 Å². The maximum atomic E-state index is 4.67. The van der Waals surface area contributed by atoms with E-state index in [1.807, 2.05) is 0 Å². The number of hydrogen-bond donors (Lipinski definition) is 1. The number of fused-ring (bicyclic) bond motifs is 1. The number of aromatic nitrogens is 1. The topological polar surface area (TPSA) is 24.9 Å². The minimum absolute atomic E-state index is 0.839. The van der Waals surface area contributed by atoms with E-state index in [0.717, 1.165) is 18.8 Å². The lowest BCUT2D eigenvalue weighted by molar-refractivity contribution is 0.899. The van der Waals surface area contributed by atoms with Crippen LogP contribution in [0, 0.1) is 6.92 Å². The van der Waals surface area contributed by atoms with Gasteiger partial charge in [-0.3, -0.25) is 0 Å². The van der Waals surface area contributed by atoms with Crippen molar-refractivity contribution in [2.24, 2.45) is 0 Å². The van der Waals surface area contributed by atoms with Crippen LogP contribution in [0.3, 0.4) is 0 Å². The van der Waals surface area contributed by atoms with E-state index in [4.69, 9.17) is 0 Å². The Labute approximate surface area is 108 Å². The minimum atomic E-state index is 0.839. The summed E-state index contributed by atoms with van der Waals surface area (Å²) in [6.45, 7) is 2.95. The third-order valence-electron chi connectivity index (χ3n) is 3.52. The molecule has 1 aromatic heterocycles. The first kappa shape index (κ1) is 11.3. The molecule has 18 heavy (non-hydrogen) atoms. The first-order chi connectivity index (χ1) is 8.81. The van der Waals surface area contributed by atoms with Crippen molar-refractivity contribution in [3.63, 3.8) is 0 Å². The van der Waals surface area contributed by atoms with E-state index in [9.17, 15) is 0 Å². The van der Waals surface area contributed by atoms with Crippen LogP contribution in [0.25, 0.3) is 0 Å². The highest BCUT2D eigenvalue weighted by Gasteiger charge is 2.11. The first-order valence-electron chi connectivity index (χ1n) is 6.59. The molecule has 3 rings (SSSR count). The van der Waals surface area contributed by atoms with Crippen molar-refractivity contribution < 1.29 is 0 Å². The van der Waals surface area contributed by atoms with Gasteiger partial charge >= 0.3 is 0 Å². The number of benzene rings is 1. The molecule has 0 spiro atoms. The molecule has 0 saturated heterocycles. The Kier molecular flexibility index (Phi) is 3.01. The fourth-order valence-corrected chi connectivity index (χ4v) is 2.42. The van der Waals surface area contributed by atoms with Crippen LogP contribution in [0.4, 0.5) is 5.82 Å². The first-order valence-corrected chi connectivity index (χ1v) is 6.59. The van der Waals surface area contributed by atoms with E-state index in [0.29, 0.717) is 0 Å². The third-order valence-corrected chi connectivity index (χ3v) is 3.52. The largest absolute Gasteiger partial charge is 0.366 e. The predicted molar refractivity (Wildman–Crippen MR) is 74.8 cm³/mol. The molecule has 0 bridgehead atoms. The molecule has 2 aromatic rings. The smallest absolute Gasteiger partial charge is 0.126 e. The van der Waals surface area contributed by atoms with Crippen molar-refractivity contribution in [2.75, 3.05) is 5.32 Å². The fraction of sp³-hybridized carbons (Fsp3) is 0.312. The highest BCUT2D eigenvalue weighted by Crippen LogP contribution is 2.21. The van der Waals surface area contributed by atoms with Gasteiger partial charge in [0.1, 0.15) is 5.82 Å². The van der Waals surface area contributed by atoms with Crippen LogP contribution < -0.4 is 5.32 Å². The summed E-state index contributed by atoms with van der Waals surface area (Å²) in [4.78, 5) is 4.67. The number of nitrogens with zero attached hydrogens (tertiary/aromatic N) is 1. The standard InChI is InChI=1S/C16H18N2/c1-12-5-7-13(8-6-12)11-17-16-10-9-14-3-2-4-15(14)18-16/h5-10H,2-4,11H2,1H3,(H,17,18). The van der Waals surface area contributed by atoms with Gasteiger partial charge < -0.3 is 5.32 Å². The molecule has 1 N–H and O–H groups in total. The minimum Gasteiger partial charge on any atom is -0.366 e. The summed E-state index contributed by atoms with van der Waals surface area (Å²) >= 11 is 0. The van der Waals surface area contributed by atoms with Gasteiger partial charge in [0.25, 0.3) is 0 Å². The molecule has 1 heterocycles. The zero-order valence-corrected chi connectivity index (χ0v) is 10.7. The molecule has 1 aromatic carbocycles. The molecule has 0 aliphatic heterocycles. The van der Waals surface area contributed by atoms with Gasteiger partial charge in [-0.15, -0.1) is 0 Å². The van der Waals surface area contributed by atoms with Gasteiger partial charge in [-0.05, 0) is 43.4 Å². The molecular formula is C16H18N2. The number of aryl methyl sites for hydroxylation is 3. The Hall–Kier alpha value is -1.83. The second-order valence-electron chi connectivity index (χ2n) is 5.00. The molecular weight excluding hydrogens is 220 g/mol. The maximum absolute atomic E-state index is 4.67. The average Bonchev–Trinajstić information content (AvgIpc) is 2.85. The lowest BCUT2D eigenvalue weighted by atomic mass is 10.1. The summed E-state index contributed by atoms with van der Waals surface area (Å²) < 4.78 is 0. The average molecular weight is 238 g/mol. The number of rotatable bonds is 3. The van der Waals surface area contributed by atoms with E-state index >= 15 is 0 Å². The van der Waals surface area contributed by atoms with E-state index in [1.54, 1.807) is 0 Å². The zero-order chi connectivity index (χ0) is 12.4. The van der Waals surface area contributed by atoms with E-state index in [-0.39, 0.29) is 0 Å². The molecule has 0 saturated carbocycles. The molecule has 0 amide bonds. The number of anilines is 1. The number of hydrogen-bond acceptors (Lipinski definition) is 2. The van der Waals surface area contributed by atoms with E-state index in [2.05, 4.69) is 53.6 Å². The Morgan fingerprint density at radius 1 is 1.06 bits per heavy atom. The van der Waals surface area contributed by atoms with Crippen LogP contribution in [0.5, 0.6) is 0 Å². The van der Waals surface area contributed by atoms with Gasteiger partial charge in [0.15, 0.2) is 0 Å². The SMILES string of the molecule is Cc1ccc(CNc2ccc3c(n2)CCC3)cc1. The normalized spacial score (nSPS) is 13.4. The van der Waals surface area contributed by atoms with Crippen LogP contribution in [-0.2, 0) is 19.4 Å². The van der Waals surface area contributed by atoms with Gasteiger partial charge in [0, 0.05) is 12.2 Å². The fourth-order valence-electron chi connectivity index (χ4n) is 2.42. The zero-order valence-electron chi connectivity index (χ0n) is 10.7. The Bertz CT molecular complexity index is 544. The maximum Gasteiger partial charge on any atom is 0.126 e. The molecule has 2 heteroatoms. The lowest BCUT2D eigenvalue weighted by Gasteiger charge is -2.08. The quantitative estimate of drug-likeness (QED) is 0.885. The highest BCUT2D eigenvalue weighted by molar-refractivity contribution is 5.41. The summed E-state index contributed by atoms with van der Waals surface area (Å²) in [6.07, 6.45) is 3.58. The van der Waals surface area contributed by atoms with Gasteiger partial charge in [-0.2, -0.15) is 0 Å². The Morgan fingerprint density at radius 3 is 2.72 bits per heavy atom. The molecule has 2 nitrogen and oxygen atoms in total. The summed E-state index contributed by atoms with van der Waals surface area (Å²) in [6, 6.07) is 12.9.